The highest BCUT2D eigenvalue weighted by Crippen LogP contribution is 2.36. The Morgan fingerprint density at radius 2 is 2.15 bits per heavy atom. The number of hydrogen-bond acceptors (Lipinski definition) is 3. The van der Waals surface area contributed by atoms with Crippen molar-refractivity contribution in [3.8, 4) is 0 Å². The van der Waals surface area contributed by atoms with Gasteiger partial charge in [-0.1, -0.05) is 19.1 Å². The third-order valence-corrected chi connectivity index (χ3v) is 3.60. The van der Waals surface area contributed by atoms with Crippen LogP contribution in [0, 0.1) is 5.92 Å². The van der Waals surface area contributed by atoms with Gasteiger partial charge in [0.25, 0.3) is 0 Å². The van der Waals surface area contributed by atoms with E-state index in [0.717, 1.165) is 5.56 Å². The normalized spacial score (nSPS) is 21.8. The van der Waals surface area contributed by atoms with Crippen LogP contribution in [-0.2, 0) is 14.4 Å². The number of carbonyl (C=O) groups excluding carboxylic acids is 2. The summed E-state index contributed by atoms with van der Waals surface area (Å²) in [6.07, 6.45) is 0.804. The van der Waals surface area contributed by atoms with Crippen LogP contribution in [0.1, 0.15) is 37.7 Å². The van der Waals surface area contributed by atoms with E-state index in [-0.39, 0.29) is 24.0 Å². The van der Waals surface area contributed by atoms with Gasteiger partial charge in [0.1, 0.15) is 5.78 Å². The van der Waals surface area contributed by atoms with E-state index in [1.807, 2.05) is 0 Å². The molecule has 1 aromatic carbocycles. The van der Waals surface area contributed by atoms with Crippen LogP contribution < -0.4 is 5.32 Å². The number of rotatable bonds is 4. The zero-order valence-electron chi connectivity index (χ0n) is 11.3. The maximum atomic E-state index is 11.9. The smallest absolute Gasteiger partial charge is 0.306 e. The van der Waals surface area contributed by atoms with Gasteiger partial charge in [0.05, 0.1) is 5.92 Å². The molecule has 5 heteroatoms. The van der Waals surface area contributed by atoms with Crippen molar-refractivity contribution in [1.29, 1.82) is 0 Å². The van der Waals surface area contributed by atoms with Gasteiger partial charge in [-0.3, -0.25) is 14.4 Å². The summed E-state index contributed by atoms with van der Waals surface area (Å²) in [5.41, 5.74) is 1.41. The Balaban J connectivity index is 2.17. The summed E-state index contributed by atoms with van der Waals surface area (Å²) in [6.45, 7) is 1.76. The number of aliphatic carboxylic acids is 1. The minimum atomic E-state index is -0.920. The Hall–Kier alpha value is -2.17. The Morgan fingerprint density at radius 3 is 2.75 bits per heavy atom. The van der Waals surface area contributed by atoms with Gasteiger partial charge in [0, 0.05) is 24.4 Å². The van der Waals surface area contributed by atoms with Crippen molar-refractivity contribution in [1.82, 2.24) is 0 Å². The highest BCUT2D eigenvalue weighted by atomic mass is 16.4. The van der Waals surface area contributed by atoms with Crippen LogP contribution in [0.2, 0.25) is 0 Å². The molecule has 2 rings (SSSR count). The lowest BCUT2D eigenvalue weighted by atomic mass is 9.95. The molecule has 0 aliphatic heterocycles. The molecule has 1 aliphatic rings. The van der Waals surface area contributed by atoms with Crippen LogP contribution in [0.3, 0.4) is 0 Å². The number of hydrogen-bond donors (Lipinski definition) is 2. The Kier molecular flexibility index (Phi) is 4.17. The van der Waals surface area contributed by atoms with Gasteiger partial charge in [0.2, 0.25) is 5.91 Å². The first kappa shape index (κ1) is 14.2. The number of nitrogens with one attached hydrogen (secondary N) is 1. The molecule has 2 unspecified atom stereocenters. The summed E-state index contributed by atoms with van der Waals surface area (Å²) in [5.74, 6) is -2.04. The molecule has 0 saturated heterocycles. The van der Waals surface area contributed by atoms with Crippen molar-refractivity contribution in [2.75, 3.05) is 5.32 Å². The lowest BCUT2D eigenvalue weighted by Gasteiger charge is -2.11. The summed E-state index contributed by atoms with van der Waals surface area (Å²) >= 11 is 0. The van der Waals surface area contributed by atoms with Crippen LogP contribution in [0.5, 0.6) is 0 Å². The van der Waals surface area contributed by atoms with Crippen LogP contribution in [0.4, 0.5) is 5.69 Å². The van der Waals surface area contributed by atoms with E-state index < -0.39 is 11.9 Å². The second-order valence-corrected chi connectivity index (χ2v) is 5.02. The minimum absolute atomic E-state index is 0.0450. The number of carboxylic acids is 1. The SMILES string of the molecule is CCC(=O)Nc1cccc(C2CC(C(=O)O)CC2=O)c1. The highest BCUT2D eigenvalue weighted by molar-refractivity contribution is 5.94. The predicted octanol–water partition coefficient (Wildman–Crippen LogP) is 2.18. The van der Waals surface area contributed by atoms with Crippen molar-refractivity contribution in [3.63, 3.8) is 0 Å². The molecule has 1 amide bonds. The molecule has 1 fully saturated rings. The average Bonchev–Trinajstić information content (AvgIpc) is 2.81. The number of ketones is 1. The van der Waals surface area contributed by atoms with Gasteiger partial charge in [-0.15, -0.1) is 0 Å². The van der Waals surface area contributed by atoms with Gasteiger partial charge in [-0.05, 0) is 24.1 Å². The molecule has 2 N–H and O–H groups in total. The quantitative estimate of drug-likeness (QED) is 0.882. The van der Waals surface area contributed by atoms with E-state index in [4.69, 9.17) is 5.11 Å². The largest absolute Gasteiger partial charge is 0.481 e. The standard InChI is InChI=1S/C15H17NO4/c1-2-14(18)16-11-5-3-4-9(6-11)12-7-10(15(19)20)8-13(12)17/h3-6,10,12H,2,7-8H2,1H3,(H,16,18)(H,19,20). The Bertz CT molecular complexity index is 553. The number of anilines is 1. The fourth-order valence-corrected chi connectivity index (χ4v) is 2.48. The molecule has 1 aromatic rings. The second-order valence-electron chi connectivity index (χ2n) is 5.02. The molecule has 0 radical (unpaired) electrons. The second kappa shape index (κ2) is 5.86. The number of amides is 1. The summed E-state index contributed by atoms with van der Waals surface area (Å²) in [7, 11) is 0. The van der Waals surface area contributed by atoms with Gasteiger partial charge in [0.15, 0.2) is 0 Å². The Morgan fingerprint density at radius 1 is 1.40 bits per heavy atom. The van der Waals surface area contributed by atoms with Crippen molar-refractivity contribution in [2.24, 2.45) is 5.92 Å². The summed E-state index contributed by atoms with van der Waals surface area (Å²) < 4.78 is 0. The molecular weight excluding hydrogens is 258 g/mol. The maximum absolute atomic E-state index is 11.9. The van der Waals surface area contributed by atoms with Crippen LogP contribution >= 0.6 is 0 Å². The monoisotopic (exact) mass is 275 g/mol. The molecule has 5 nitrogen and oxygen atoms in total. The van der Waals surface area contributed by atoms with E-state index in [9.17, 15) is 14.4 Å². The number of benzene rings is 1. The minimum Gasteiger partial charge on any atom is -0.481 e. The van der Waals surface area contributed by atoms with Crippen LogP contribution in [0.15, 0.2) is 24.3 Å². The highest BCUT2D eigenvalue weighted by Gasteiger charge is 2.37. The number of carbonyl (C=O) groups is 3. The Labute approximate surface area is 117 Å². The third-order valence-electron chi connectivity index (χ3n) is 3.60. The van der Waals surface area contributed by atoms with E-state index in [0.29, 0.717) is 18.5 Å². The lowest BCUT2D eigenvalue weighted by molar-refractivity contribution is -0.142. The van der Waals surface area contributed by atoms with Crippen molar-refractivity contribution in [3.05, 3.63) is 29.8 Å². The van der Waals surface area contributed by atoms with Crippen LogP contribution in [0.25, 0.3) is 0 Å². The fraction of sp³-hybridized carbons (Fsp3) is 0.400. The first-order chi connectivity index (χ1) is 9.51. The average molecular weight is 275 g/mol. The molecule has 1 saturated carbocycles. The molecule has 1 aliphatic carbocycles. The molecule has 0 spiro atoms. The predicted molar refractivity (Wildman–Crippen MR) is 73.5 cm³/mol. The summed E-state index contributed by atoms with van der Waals surface area (Å²) in [6, 6.07) is 7.07. The molecule has 0 heterocycles. The fourth-order valence-electron chi connectivity index (χ4n) is 2.48. The molecule has 0 aromatic heterocycles. The first-order valence-corrected chi connectivity index (χ1v) is 6.66. The van der Waals surface area contributed by atoms with E-state index in [1.54, 1.807) is 31.2 Å². The number of carboxylic acid groups (broad SMARTS) is 1. The third kappa shape index (κ3) is 3.04. The van der Waals surface area contributed by atoms with Crippen LogP contribution in [-0.4, -0.2) is 22.8 Å². The zero-order valence-corrected chi connectivity index (χ0v) is 11.3. The molecule has 106 valence electrons. The van der Waals surface area contributed by atoms with Crippen molar-refractivity contribution < 1.29 is 19.5 Å². The van der Waals surface area contributed by atoms with Gasteiger partial charge in [-0.2, -0.15) is 0 Å². The van der Waals surface area contributed by atoms with E-state index >= 15 is 0 Å². The topological polar surface area (TPSA) is 83.5 Å². The first-order valence-electron chi connectivity index (χ1n) is 6.66. The maximum Gasteiger partial charge on any atom is 0.306 e. The van der Waals surface area contributed by atoms with Gasteiger partial charge >= 0.3 is 5.97 Å². The molecule has 20 heavy (non-hydrogen) atoms. The number of Topliss-reactive ketones (excluding diaryl/α,β-unsaturated/α-hetero) is 1. The van der Waals surface area contributed by atoms with Gasteiger partial charge < -0.3 is 10.4 Å². The summed E-state index contributed by atoms with van der Waals surface area (Å²) in [5, 5.41) is 11.7. The zero-order chi connectivity index (χ0) is 14.7. The molecule has 2 atom stereocenters. The van der Waals surface area contributed by atoms with Gasteiger partial charge in [-0.25, -0.2) is 0 Å². The van der Waals surface area contributed by atoms with Crippen molar-refractivity contribution >= 4 is 23.3 Å². The molecular formula is C15H17NO4. The van der Waals surface area contributed by atoms with E-state index in [1.165, 1.54) is 0 Å². The summed E-state index contributed by atoms with van der Waals surface area (Å²) in [4.78, 5) is 34.3. The van der Waals surface area contributed by atoms with Crippen molar-refractivity contribution in [2.45, 2.75) is 32.1 Å². The lowest BCUT2D eigenvalue weighted by Crippen LogP contribution is -2.11. The van der Waals surface area contributed by atoms with E-state index in [2.05, 4.69) is 5.32 Å². The molecule has 0 bridgehead atoms.